The van der Waals surface area contributed by atoms with Gasteiger partial charge in [-0.25, -0.2) is 4.98 Å². The second kappa shape index (κ2) is 8.05. The third-order valence-electron chi connectivity index (χ3n) is 4.06. The summed E-state index contributed by atoms with van der Waals surface area (Å²) in [6.07, 6.45) is 0. The number of carbonyl (C=O) groups is 1. The van der Waals surface area contributed by atoms with Gasteiger partial charge in [0.2, 0.25) is 5.91 Å². The van der Waals surface area contributed by atoms with E-state index in [0.29, 0.717) is 28.5 Å². The van der Waals surface area contributed by atoms with Crippen molar-refractivity contribution in [2.75, 3.05) is 6.54 Å². The number of hydrogen-bond acceptors (Lipinski definition) is 5. The van der Waals surface area contributed by atoms with Gasteiger partial charge in [-0.15, -0.1) is 11.3 Å². The van der Waals surface area contributed by atoms with Crippen LogP contribution in [-0.4, -0.2) is 27.3 Å². The quantitative estimate of drug-likeness (QED) is 0.517. The van der Waals surface area contributed by atoms with Crippen LogP contribution in [0, 0.1) is 0 Å². The molecule has 0 bridgehead atoms. The molecule has 1 N–H and O–H groups in total. The topological polar surface area (TPSA) is 64.0 Å². The summed E-state index contributed by atoms with van der Waals surface area (Å²) in [6, 6.07) is 9.87. The monoisotopic (exact) mass is 387 g/mol. The van der Waals surface area contributed by atoms with Gasteiger partial charge < -0.3 is 5.32 Å². The third-order valence-corrected chi connectivity index (χ3v) is 6.02. The summed E-state index contributed by atoms with van der Waals surface area (Å²) in [5, 5.41) is 5.72. The molecule has 7 heteroatoms. The summed E-state index contributed by atoms with van der Waals surface area (Å²) in [5.41, 5.74) is 1.87. The highest BCUT2D eigenvalue weighted by Gasteiger charge is 2.20. The van der Waals surface area contributed by atoms with Gasteiger partial charge in [-0.3, -0.25) is 14.2 Å². The van der Waals surface area contributed by atoms with E-state index in [4.69, 9.17) is 4.98 Å². The Labute approximate surface area is 160 Å². The number of fused-ring (bicyclic) bond motifs is 1. The molecule has 1 atom stereocenters. The molecule has 3 rings (SSSR count). The molecular formula is C19H21N3O2S2. The summed E-state index contributed by atoms with van der Waals surface area (Å²) in [5.74, 6) is -0.0503. The maximum Gasteiger partial charge on any atom is 0.263 e. The van der Waals surface area contributed by atoms with E-state index >= 15 is 0 Å². The second-order valence-electron chi connectivity index (χ2n) is 5.79. The minimum Gasteiger partial charge on any atom is -0.355 e. The van der Waals surface area contributed by atoms with E-state index in [1.54, 1.807) is 4.57 Å². The van der Waals surface area contributed by atoms with E-state index in [0.717, 1.165) is 11.1 Å². The largest absolute Gasteiger partial charge is 0.355 e. The van der Waals surface area contributed by atoms with Gasteiger partial charge in [0.1, 0.15) is 4.83 Å². The molecule has 2 aromatic heterocycles. The molecule has 2 heterocycles. The fourth-order valence-corrected chi connectivity index (χ4v) is 4.72. The summed E-state index contributed by atoms with van der Waals surface area (Å²) in [7, 11) is 0. The molecule has 0 radical (unpaired) electrons. The molecule has 0 aliphatic carbocycles. The zero-order chi connectivity index (χ0) is 18.7. The highest BCUT2D eigenvalue weighted by molar-refractivity contribution is 8.00. The van der Waals surface area contributed by atoms with Crippen molar-refractivity contribution in [1.82, 2.24) is 14.9 Å². The van der Waals surface area contributed by atoms with Crippen LogP contribution in [0.4, 0.5) is 0 Å². The SMILES string of the molecule is CCNC(=O)[C@H](C)Sc1nc2scc(-c3ccccc3)c2c(=O)n1CC. The van der Waals surface area contributed by atoms with Crippen molar-refractivity contribution in [2.24, 2.45) is 0 Å². The lowest BCUT2D eigenvalue weighted by Gasteiger charge is -2.14. The Bertz CT molecular complexity index is 980. The van der Waals surface area contributed by atoms with Gasteiger partial charge in [0, 0.05) is 24.0 Å². The Morgan fingerprint density at radius 1 is 1.31 bits per heavy atom. The first-order chi connectivity index (χ1) is 12.6. The van der Waals surface area contributed by atoms with Gasteiger partial charge in [-0.05, 0) is 26.3 Å². The molecule has 0 saturated heterocycles. The molecule has 5 nitrogen and oxygen atoms in total. The smallest absolute Gasteiger partial charge is 0.263 e. The maximum atomic E-state index is 13.1. The normalized spacial score (nSPS) is 12.3. The maximum absolute atomic E-state index is 13.1. The summed E-state index contributed by atoms with van der Waals surface area (Å²) >= 11 is 2.79. The van der Waals surface area contributed by atoms with Gasteiger partial charge >= 0.3 is 0 Å². The molecule has 0 fully saturated rings. The number of hydrogen-bond donors (Lipinski definition) is 1. The minimum atomic E-state index is -0.314. The molecule has 0 spiro atoms. The lowest BCUT2D eigenvalue weighted by atomic mass is 10.1. The van der Waals surface area contributed by atoms with Gasteiger partial charge in [-0.2, -0.15) is 0 Å². The van der Waals surface area contributed by atoms with Crippen molar-refractivity contribution in [1.29, 1.82) is 0 Å². The molecule has 3 aromatic rings. The fraction of sp³-hybridized carbons (Fsp3) is 0.316. The lowest BCUT2D eigenvalue weighted by Crippen LogP contribution is -2.31. The molecule has 0 unspecified atom stereocenters. The van der Waals surface area contributed by atoms with E-state index < -0.39 is 0 Å². The third kappa shape index (κ3) is 3.54. The van der Waals surface area contributed by atoms with Gasteiger partial charge in [0.15, 0.2) is 5.16 Å². The Hall–Kier alpha value is -2.12. The minimum absolute atomic E-state index is 0.0503. The number of benzene rings is 1. The van der Waals surface area contributed by atoms with Crippen molar-refractivity contribution < 1.29 is 4.79 Å². The average molecular weight is 388 g/mol. The highest BCUT2D eigenvalue weighted by Crippen LogP contribution is 2.32. The van der Waals surface area contributed by atoms with Crippen LogP contribution in [0.25, 0.3) is 21.3 Å². The first kappa shape index (κ1) is 18.7. The van der Waals surface area contributed by atoms with Crippen molar-refractivity contribution in [3.63, 3.8) is 0 Å². The van der Waals surface area contributed by atoms with Crippen molar-refractivity contribution in [3.05, 3.63) is 46.1 Å². The number of thioether (sulfide) groups is 1. The standard InChI is InChI=1S/C19H21N3O2S2/c1-4-20-16(23)12(3)26-19-21-17-15(18(24)22(19)5-2)14(11-25-17)13-9-7-6-8-10-13/h6-12H,4-5H2,1-3H3,(H,20,23)/t12-/m0/s1. The van der Waals surface area contributed by atoms with Crippen molar-refractivity contribution in [2.45, 2.75) is 37.7 Å². The van der Waals surface area contributed by atoms with E-state index in [1.807, 2.05) is 56.5 Å². The number of rotatable bonds is 6. The molecular weight excluding hydrogens is 366 g/mol. The summed E-state index contributed by atoms with van der Waals surface area (Å²) < 4.78 is 1.65. The van der Waals surface area contributed by atoms with Crippen LogP contribution < -0.4 is 10.9 Å². The number of nitrogens with one attached hydrogen (secondary N) is 1. The number of amides is 1. The van der Waals surface area contributed by atoms with Crippen LogP contribution in [0.3, 0.4) is 0 Å². The molecule has 1 aromatic carbocycles. The number of thiophene rings is 1. The van der Waals surface area contributed by atoms with E-state index in [1.165, 1.54) is 23.1 Å². The Kier molecular flexibility index (Phi) is 5.78. The van der Waals surface area contributed by atoms with Crippen LogP contribution in [0.2, 0.25) is 0 Å². The molecule has 0 aliphatic heterocycles. The Balaban J connectivity index is 2.08. The van der Waals surface area contributed by atoms with Crippen LogP contribution in [0.15, 0.2) is 45.7 Å². The average Bonchev–Trinajstić information content (AvgIpc) is 3.07. The molecule has 26 heavy (non-hydrogen) atoms. The zero-order valence-electron chi connectivity index (χ0n) is 15.0. The molecule has 136 valence electrons. The number of carbonyl (C=O) groups excluding carboxylic acids is 1. The van der Waals surface area contributed by atoms with Crippen LogP contribution >= 0.6 is 23.1 Å². The number of nitrogens with zero attached hydrogens (tertiary/aromatic N) is 2. The summed E-state index contributed by atoms with van der Waals surface area (Å²) in [6.45, 7) is 6.73. The predicted molar refractivity (Wildman–Crippen MR) is 109 cm³/mol. The van der Waals surface area contributed by atoms with Gasteiger partial charge in [0.25, 0.3) is 5.56 Å². The molecule has 0 saturated carbocycles. The van der Waals surface area contributed by atoms with Crippen LogP contribution in [0.1, 0.15) is 20.8 Å². The van der Waals surface area contributed by atoms with Crippen LogP contribution in [-0.2, 0) is 11.3 Å². The zero-order valence-corrected chi connectivity index (χ0v) is 16.6. The first-order valence-corrected chi connectivity index (χ1v) is 10.3. The first-order valence-electron chi connectivity index (χ1n) is 8.58. The van der Waals surface area contributed by atoms with E-state index in [2.05, 4.69) is 5.32 Å². The predicted octanol–water partition coefficient (Wildman–Crippen LogP) is 3.76. The second-order valence-corrected chi connectivity index (χ2v) is 7.96. The van der Waals surface area contributed by atoms with Crippen LogP contribution in [0.5, 0.6) is 0 Å². The highest BCUT2D eigenvalue weighted by atomic mass is 32.2. The Morgan fingerprint density at radius 2 is 2.04 bits per heavy atom. The van der Waals surface area contributed by atoms with Gasteiger partial charge in [-0.1, -0.05) is 42.1 Å². The number of aromatic nitrogens is 2. The molecule has 1 amide bonds. The van der Waals surface area contributed by atoms with Crippen molar-refractivity contribution in [3.8, 4) is 11.1 Å². The fourth-order valence-electron chi connectivity index (χ4n) is 2.73. The van der Waals surface area contributed by atoms with Gasteiger partial charge in [0.05, 0.1) is 10.6 Å². The van der Waals surface area contributed by atoms with Crippen molar-refractivity contribution >= 4 is 39.2 Å². The summed E-state index contributed by atoms with van der Waals surface area (Å²) in [4.78, 5) is 30.6. The van der Waals surface area contributed by atoms with E-state index in [9.17, 15) is 9.59 Å². The lowest BCUT2D eigenvalue weighted by molar-refractivity contribution is -0.120. The molecule has 0 aliphatic rings. The van der Waals surface area contributed by atoms with E-state index in [-0.39, 0.29) is 16.7 Å². The Morgan fingerprint density at radius 3 is 2.69 bits per heavy atom.